The van der Waals surface area contributed by atoms with Crippen molar-refractivity contribution >= 4 is 16.9 Å². The first-order valence-electron chi connectivity index (χ1n) is 9.17. The van der Waals surface area contributed by atoms with Crippen molar-refractivity contribution in [3.05, 3.63) is 58.4 Å². The number of hydrogen-bond donors (Lipinski definition) is 1. The first-order chi connectivity index (χ1) is 13.9. The Morgan fingerprint density at radius 1 is 1.17 bits per heavy atom. The first kappa shape index (κ1) is 19.3. The molecular weight excluding hydrogens is 387 g/mol. The zero-order valence-corrected chi connectivity index (χ0v) is 15.3. The number of aliphatic hydroxyl groups excluding tert-OH is 1. The Bertz CT molecular complexity index is 1100. The average molecular weight is 405 g/mol. The molecule has 2 aromatic heterocycles. The van der Waals surface area contributed by atoms with E-state index in [-0.39, 0.29) is 24.7 Å². The van der Waals surface area contributed by atoms with Gasteiger partial charge in [-0.15, -0.1) is 0 Å². The number of nitrogens with zero attached hydrogens (tertiary/aromatic N) is 5. The van der Waals surface area contributed by atoms with E-state index in [2.05, 4.69) is 15.0 Å². The zero-order valence-electron chi connectivity index (χ0n) is 15.3. The van der Waals surface area contributed by atoms with Gasteiger partial charge in [0.05, 0.1) is 30.1 Å². The monoisotopic (exact) mass is 405 g/mol. The molecule has 29 heavy (non-hydrogen) atoms. The lowest BCUT2D eigenvalue weighted by Crippen LogP contribution is -2.34. The van der Waals surface area contributed by atoms with Crippen molar-refractivity contribution in [2.45, 2.75) is 31.6 Å². The molecule has 10 heteroatoms. The Labute approximate surface area is 163 Å². The van der Waals surface area contributed by atoms with Crippen LogP contribution in [-0.4, -0.2) is 37.8 Å². The van der Waals surface area contributed by atoms with Gasteiger partial charge in [0, 0.05) is 12.7 Å². The average Bonchev–Trinajstić information content (AvgIpc) is 3.19. The molecular formula is C19H18F3N5O2. The molecule has 0 amide bonds. The molecule has 0 radical (unpaired) electrons. The maximum atomic E-state index is 13.1. The van der Waals surface area contributed by atoms with Crippen molar-refractivity contribution < 1.29 is 18.3 Å². The zero-order chi connectivity index (χ0) is 20.6. The Kier molecular flexibility index (Phi) is 4.95. The van der Waals surface area contributed by atoms with E-state index in [1.54, 1.807) is 29.2 Å². The van der Waals surface area contributed by atoms with Gasteiger partial charge in [0.1, 0.15) is 11.5 Å². The molecule has 4 rings (SSSR count). The maximum absolute atomic E-state index is 13.1. The van der Waals surface area contributed by atoms with Crippen molar-refractivity contribution in [3.63, 3.8) is 0 Å². The number of rotatable bonds is 4. The highest BCUT2D eigenvalue weighted by molar-refractivity contribution is 5.77. The number of aromatic nitrogens is 4. The quantitative estimate of drug-likeness (QED) is 0.718. The van der Waals surface area contributed by atoms with Gasteiger partial charge < -0.3 is 10.0 Å². The fourth-order valence-corrected chi connectivity index (χ4v) is 3.67. The van der Waals surface area contributed by atoms with Crippen LogP contribution in [-0.2, 0) is 12.7 Å². The third-order valence-corrected chi connectivity index (χ3v) is 4.96. The molecule has 1 fully saturated rings. The van der Waals surface area contributed by atoms with Crippen molar-refractivity contribution in [2.24, 2.45) is 0 Å². The van der Waals surface area contributed by atoms with Crippen molar-refractivity contribution in [1.29, 1.82) is 0 Å². The van der Waals surface area contributed by atoms with Crippen LogP contribution in [0, 0.1) is 0 Å². The number of anilines is 1. The highest BCUT2D eigenvalue weighted by Gasteiger charge is 2.36. The Morgan fingerprint density at radius 2 is 1.97 bits per heavy atom. The molecule has 1 aliphatic rings. The SMILES string of the molecule is O=c1c2ccccc2nc(C2CCCN2c2nccc(C(F)(F)F)n2)n1CCO. The minimum absolute atomic E-state index is 0.0415. The normalized spacial score (nSPS) is 17.2. The van der Waals surface area contributed by atoms with Gasteiger partial charge in [-0.3, -0.25) is 9.36 Å². The lowest BCUT2D eigenvalue weighted by molar-refractivity contribution is -0.141. The summed E-state index contributed by atoms with van der Waals surface area (Å²) in [6.45, 7) is 0.216. The Morgan fingerprint density at radius 3 is 2.72 bits per heavy atom. The predicted molar refractivity (Wildman–Crippen MR) is 99.4 cm³/mol. The van der Waals surface area contributed by atoms with E-state index >= 15 is 0 Å². The summed E-state index contributed by atoms with van der Waals surface area (Å²) in [7, 11) is 0. The summed E-state index contributed by atoms with van der Waals surface area (Å²) >= 11 is 0. The Hall–Kier alpha value is -3.01. The Balaban J connectivity index is 1.83. The van der Waals surface area contributed by atoms with Crippen LogP contribution in [0.3, 0.4) is 0 Å². The van der Waals surface area contributed by atoms with E-state index in [9.17, 15) is 23.1 Å². The number of hydrogen-bond acceptors (Lipinski definition) is 6. The second-order valence-corrected chi connectivity index (χ2v) is 6.76. The van der Waals surface area contributed by atoms with Gasteiger partial charge in [-0.05, 0) is 31.0 Å². The topological polar surface area (TPSA) is 84.1 Å². The van der Waals surface area contributed by atoms with Gasteiger partial charge in [-0.25, -0.2) is 15.0 Å². The van der Waals surface area contributed by atoms with E-state index in [1.165, 1.54) is 4.57 Å². The lowest BCUT2D eigenvalue weighted by atomic mass is 10.1. The molecule has 1 saturated heterocycles. The smallest absolute Gasteiger partial charge is 0.395 e. The molecule has 0 saturated carbocycles. The van der Waals surface area contributed by atoms with Crippen LogP contribution in [0.15, 0.2) is 41.3 Å². The molecule has 1 N–H and O–H groups in total. The van der Waals surface area contributed by atoms with E-state index < -0.39 is 17.9 Å². The molecule has 7 nitrogen and oxygen atoms in total. The van der Waals surface area contributed by atoms with Crippen LogP contribution in [0.25, 0.3) is 10.9 Å². The fourth-order valence-electron chi connectivity index (χ4n) is 3.67. The second-order valence-electron chi connectivity index (χ2n) is 6.76. The van der Waals surface area contributed by atoms with Crippen molar-refractivity contribution in [2.75, 3.05) is 18.1 Å². The molecule has 0 aliphatic carbocycles. The van der Waals surface area contributed by atoms with Gasteiger partial charge in [0.15, 0.2) is 0 Å². The van der Waals surface area contributed by atoms with Crippen LogP contribution in [0.1, 0.15) is 30.4 Å². The van der Waals surface area contributed by atoms with E-state index in [4.69, 9.17) is 0 Å². The van der Waals surface area contributed by atoms with Gasteiger partial charge in [-0.2, -0.15) is 13.2 Å². The molecule has 1 atom stereocenters. The molecule has 3 heterocycles. The number of para-hydroxylation sites is 1. The molecule has 0 spiro atoms. The summed E-state index contributed by atoms with van der Waals surface area (Å²) in [6, 6.07) is 7.21. The summed E-state index contributed by atoms with van der Waals surface area (Å²) in [5, 5.41) is 9.86. The van der Waals surface area contributed by atoms with Crippen molar-refractivity contribution in [3.8, 4) is 0 Å². The highest BCUT2D eigenvalue weighted by atomic mass is 19.4. The third kappa shape index (κ3) is 3.55. The van der Waals surface area contributed by atoms with Gasteiger partial charge in [0.2, 0.25) is 5.95 Å². The lowest BCUT2D eigenvalue weighted by Gasteiger charge is -2.26. The van der Waals surface area contributed by atoms with Crippen molar-refractivity contribution in [1.82, 2.24) is 19.5 Å². The van der Waals surface area contributed by atoms with E-state index in [1.807, 2.05) is 0 Å². The van der Waals surface area contributed by atoms with Crippen LogP contribution in [0.4, 0.5) is 19.1 Å². The molecule has 3 aromatic rings. The standard InChI is InChI=1S/C19H18F3N5O2/c20-19(21,22)15-7-8-23-18(25-15)26-9-3-6-14(26)16-24-13-5-2-1-4-12(13)17(29)27(16)10-11-28/h1-2,4-5,7-8,14,28H,3,6,9-11H2. The molecule has 152 valence electrons. The van der Waals surface area contributed by atoms with E-state index in [0.717, 1.165) is 12.3 Å². The number of halogens is 3. The minimum atomic E-state index is -4.58. The number of aliphatic hydroxyl groups is 1. The first-order valence-corrected chi connectivity index (χ1v) is 9.17. The summed E-state index contributed by atoms with van der Waals surface area (Å²) < 4.78 is 40.6. The van der Waals surface area contributed by atoms with Gasteiger partial charge in [0.25, 0.3) is 5.56 Å². The number of benzene rings is 1. The maximum Gasteiger partial charge on any atom is 0.433 e. The minimum Gasteiger partial charge on any atom is -0.395 e. The molecule has 0 bridgehead atoms. The second kappa shape index (κ2) is 7.43. The predicted octanol–water partition coefficient (Wildman–Crippen LogP) is 2.54. The largest absolute Gasteiger partial charge is 0.433 e. The number of alkyl halides is 3. The summed E-state index contributed by atoms with van der Waals surface area (Å²) in [5.74, 6) is 0.335. The fraction of sp³-hybridized carbons (Fsp3) is 0.368. The highest BCUT2D eigenvalue weighted by Crippen LogP contribution is 2.35. The van der Waals surface area contributed by atoms with Crippen LogP contribution in [0.5, 0.6) is 0 Å². The van der Waals surface area contributed by atoms with Crippen LogP contribution >= 0.6 is 0 Å². The summed E-state index contributed by atoms with van der Waals surface area (Å²) in [4.78, 5) is 26.9. The van der Waals surface area contributed by atoms with Crippen LogP contribution < -0.4 is 10.5 Å². The van der Waals surface area contributed by atoms with Gasteiger partial charge in [-0.1, -0.05) is 12.1 Å². The summed E-state index contributed by atoms with van der Waals surface area (Å²) in [6.07, 6.45) is -2.23. The third-order valence-electron chi connectivity index (χ3n) is 4.96. The summed E-state index contributed by atoms with van der Waals surface area (Å²) in [5.41, 5.74) is -0.817. The van der Waals surface area contributed by atoms with Crippen LogP contribution in [0.2, 0.25) is 0 Å². The molecule has 1 aliphatic heterocycles. The van der Waals surface area contributed by atoms with E-state index in [0.29, 0.717) is 36.1 Å². The molecule has 1 aromatic carbocycles. The molecule has 1 unspecified atom stereocenters. The number of fused-ring (bicyclic) bond motifs is 1. The van der Waals surface area contributed by atoms with Gasteiger partial charge >= 0.3 is 6.18 Å².